The van der Waals surface area contributed by atoms with Gasteiger partial charge in [0.2, 0.25) is 0 Å². The number of nitrogens with one attached hydrogen (secondary N) is 1. The van der Waals surface area contributed by atoms with Gasteiger partial charge in [0, 0.05) is 21.5 Å². The Morgan fingerprint density at radius 3 is 2.60 bits per heavy atom. The highest BCUT2D eigenvalue weighted by Gasteiger charge is 2.10. The molecule has 4 heteroatoms. The summed E-state index contributed by atoms with van der Waals surface area (Å²) in [6.45, 7) is 7.00. The molecule has 0 bridgehead atoms. The minimum absolute atomic E-state index is 0.100. The molecular formula is C11H17BrN2S. The molecule has 0 amide bonds. The Hall–Kier alpha value is -0.0300. The van der Waals surface area contributed by atoms with Crippen molar-refractivity contribution in [2.24, 2.45) is 5.73 Å². The summed E-state index contributed by atoms with van der Waals surface area (Å²) in [6, 6.07) is 6.17. The minimum atomic E-state index is 0.100. The Balaban J connectivity index is 2.75. The summed E-state index contributed by atoms with van der Waals surface area (Å²) in [5.74, 6) is 0. The summed E-state index contributed by atoms with van der Waals surface area (Å²) < 4.78 is 4.47. The van der Waals surface area contributed by atoms with Crippen LogP contribution in [0.1, 0.15) is 26.3 Å². The molecule has 0 aromatic heterocycles. The van der Waals surface area contributed by atoms with E-state index in [0.29, 0.717) is 6.54 Å². The first-order valence-corrected chi connectivity index (χ1v) is 6.46. The van der Waals surface area contributed by atoms with Crippen molar-refractivity contribution < 1.29 is 0 Å². The number of nitrogens with two attached hydrogens (primary N) is 1. The summed E-state index contributed by atoms with van der Waals surface area (Å²) in [6.07, 6.45) is 0. The van der Waals surface area contributed by atoms with E-state index in [4.69, 9.17) is 5.73 Å². The van der Waals surface area contributed by atoms with Crippen LogP contribution in [0.15, 0.2) is 27.6 Å². The summed E-state index contributed by atoms with van der Waals surface area (Å²) in [5, 5.41) is 0. The topological polar surface area (TPSA) is 38.0 Å². The molecule has 1 aromatic carbocycles. The molecule has 3 N–H and O–H groups in total. The molecule has 0 atom stereocenters. The van der Waals surface area contributed by atoms with Crippen molar-refractivity contribution in [2.75, 3.05) is 0 Å². The van der Waals surface area contributed by atoms with E-state index in [1.54, 1.807) is 11.9 Å². The van der Waals surface area contributed by atoms with E-state index >= 15 is 0 Å². The molecule has 1 aromatic rings. The van der Waals surface area contributed by atoms with Crippen LogP contribution in [0, 0.1) is 0 Å². The van der Waals surface area contributed by atoms with Crippen molar-refractivity contribution in [2.45, 2.75) is 37.8 Å². The standard InChI is InChI=1S/C11H17BrN2S/c1-11(2,3)14-15-10-6-8(7-13)4-5-9(10)12/h4-6,14H,7,13H2,1-3H3. The maximum atomic E-state index is 5.61. The van der Waals surface area contributed by atoms with Gasteiger partial charge < -0.3 is 5.73 Å². The summed E-state index contributed by atoms with van der Waals surface area (Å²) >= 11 is 5.16. The number of hydrogen-bond donors (Lipinski definition) is 2. The quantitative estimate of drug-likeness (QED) is 0.838. The second-order valence-corrected chi connectivity index (χ2v) is 6.13. The number of hydrogen-bond acceptors (Lipinski definition) is 3. The molecule has 1 rings (SSSR count). The van der Waals surface area contributed by atoms with Crippen LogP contribution < -0.4 is 10.5 Å². The van der Waals surface area contributed by atoms with Crippen molar-refractivity contribution in [3.63, 3.8) is 0 Å². The van der Waals surface area contributed by atoms with Gasteiger partial charge in [-0.25, -0.2) is 0 Å². The van der Waals surface area contributed by atoms with E-state index in [-0.39, 0.29) is 5.54 Å². The molecule has 0 aliphatic carbocycles. The number of halogens is 1. The van der Waals surface area contributed by atoms with Crippen molar-refractivity contribution in [3.8, 4) is 0 Å². The average molecular weight is 289 g/mol. The lowest BCUT2D eigenvalue weighted by molar-refractivity contribution is 0.535. The average Bonchev–Trinajstić information content (AvgIpc) is 2.15. The fraction of sp³-hybridized carbons (Fsp3) is 0.455. The van der Waals surface area contributed by atoms with Crippen molar-refractivity contribution >= 4 is 27.9 Å². The molecule has 0 radical (unpaired) electrons. The number of benzene rings is 1. The van der Waals surface area contributed by atoms with Gasteiger partial charge in [-0.2, -0.15) is 0 Å². The molecule has 2 nitrogen and oxygen atoms in total. The Labute approximate surface area is 104 Å². The van der Waals surface area contributed by atoms with E-state index in [1.165, 1.54) is 4.90 Å². The molecule has 0 heterocycles. The van der Waals surface area contributed by atoms with E-state index in [9.17, 15) is 0 Å². The highest BCUT2D eigenvalue weighted by atomic mass is 79.9. The zero-order valence-electron chi connectivity index (χ0n) is 9.30. The molecule has 84 valence electrons. The third-order valence-electron chi connectivity index (χ3n) is 1.70. The van der Waals surface area contributed by atoms with Crippen molar-refractivity contribution in [1.82, 2.24) is 4.72 Å². The molecule has 0 unspecified atom stereocenters. The van der Waals surface area contributed by atoms with Crippen LogP contribution >= 0.6 is 27.9 Å². The van der Waals surface area contributed by atoms with Crippen LogP contribution in [-0.4, -0.2) is 5.54 Å². The Morgan fingerprint density at radius 1 is 1.40 bits per heavy atom. The van der Waals surface area contributed by atoms with Gasteiger partial charge in [0.05, 0.1) is 0 Å². The lowest BCUT2D eigenvalue weighted by atomic mass is 10.1. The molecule has 0 saturated carbocycles. The van der Waals surface area contributed by atoms with Crippen LogP contribution in [0.2, 0.25) is 0 Å². The van der Waals surface area contributed by atoms with E-state index in [0.717, 1.165) is 10.0 Å². The molecule has 0 aliphatic rings. The first-order valence-electron chi connectivity index (χ1n) is 4.85. The first kappa shape index (κ1) is 13.0. The first-order chi connectivity index (χ1) is 6.92. The van der Waals surface area contributed by atoms with Crippen molar-refractivity contribution in [1.29, 1.82) is 0 Å². The smallest absolute Gasteiger partial charge is 0.0373 e. The van der Waals surface area contributed by atoms with Crippen LogP contribution in [0.3, 0.4) is 0 Å². The lowest BCUT2D eigenvalue weighted by Crippen LogP contribution is -2.29. The zero-order chi connectivity index (χ0) is 11.5. The summed E-state index contributed by atoms with van der Waals surface area (Å²) in [7, 11) is 0. The number of rotatable bonds is 3. The predicted molar refractivity (Wildman–Crippen MR) is 70.8 cm³/mol. The van der Waals surface area contributed by atoms with Crippen LogP contribution in [-0.2, 0) is 6.54 Å². The highest BCUT2D eigenvalue weighted by Crippen LogP contribution is 2.28. The van der Waals surface area contributed by atoms with Gasteiger partial charge in [-0.3, -0.25) is 4.72 Å². The SMILES string of the molecule is CC(C)(C)NSc1cc(CN)ccc1Br. The third-order valence-corrected chi connectivity index (χ3v) is 3.92. The van der Waals surface area contributed by atoms with Crippen LogP contribution in [0.5, 0.6) is 0 Å². The molecule has 0 spiro atoms. The monoisotopic (exact) mass is 288 g/mol. The fourth-order valence-corrected chi connectivity index (χ4v) is 2.24. The van der Waals surface area contributed by atoms with Gasteiger partial charge in [-0.05, 0) is 66.3 Å². The second kappa shape index (κ2) is 5.34. The van der Waals surface area contributed by atoms with Gasteiger partial charge in [0.1, 0.15) is 0 Å². The van der Waals surface area contributed by atoms with Gasteiger partial charge in [-0.15, -0.1) is 0 Å². The molecule has 0 aliphatic heterocycles. The van der Waals surface area contributed by atoms with E-state index in [2.05, 4.69) is 47.5 Å². The lowest BCUT2D eigenvalue weighted by Gasteiger charge is -2.20. The molecule has 0 saturated heterocycles. The molecule has 0 fully saturated rings. The predicted octanol–water partition coefficient (Wildman–Crippen LogP) is 3.30. The fourth-order valence-electron chi connectivity index (χ4n) is 0.961. The van der Waals surface area contributed by atoms with E-state index < -0.39 is 0 Å². The Bertz CT molecular complexity index is 334. The zero-order valence-corrected chi connectivity index (χ0v) is 11.7. The maximum Gasteiger partial charge on any atom is 0.0373 e. The van der Waals surface area contributed by atoms with Crippen LogP contribution in [0.25, 0.3) is 0 Å². The van der Waals surface area contributed by atoms with Gasteiger partial charge in [0.15, 0.2) is 0 Å². The normalized spacial score (nSPS) is 11.8. The molecular weight excluding hydrogens is 272 g/mol. The van der Waals surface area contributed by atoms with Crippen LogP contribution in [0.4, 0.5) is 0 Å². The van der Waals surface area contributed by atoms with Crippen molar-refractivity contribution in [3.05, 3.63) is 28.2 Å². The van der Waals surface area contributed by atoms with E-state index in [1.807, 2.05) is 12.1 Å². The van der Waals surface area contributed by atoms with Gasteiger partial charge >= 0.3 is 0 Å². The maximum absolute atomic E-state index is 5.61. The second-order valence-electron chi connectivity index (χ2n) is 4.42. The molecule has 15 heavy (non-hydrogen) atoms. The summed E-state index contributed by atoms with van der Waals surface area (Å²) in [4.78, 5) is 1.17. The van der Waals surface area contributed by atoms with Gasteiger partial charge in [0.25, 0.3) is 0 Å². The minimum Gasteiger partial charge on any atom is -0.326 e. The Morgan fingerprint density at radius 2 is 2.07 bits per heavy atom. The third kappa shape index (κ3) is 4.55. The Kier molecular flexibility index (Phi) is 4.64. The largest absolute Gasteiger partial charge is 0.326 e. The highest BCUT2D eigenvalue weighted by molar-refractivity contribution is 9.10. The van der Waals surface area contributed by atoms with Gasteiger partial charge in [-0.1, -0.05) is 6.07 Å². The summed E-state index contributed by atoms with van der Waals surface area (Å²) in [5.41, 5.74) is 6.86.